The van der Waals surface area contributed by atoms with Crippen molar-refractivity contribution in [2.75, 3.05) is 17.5 Å². The Hall–Kier alpha value is -4.34. The predicted octanol–water partition coefficient (Wildman–Crippen LogP) is 6.80. The third kappa shape index (κ3) is 9.36. The number of hydrogen-bond acceptors (Lipinski definition) is 5. The minimum atomic E-state index is -4.23. The SMILES string of the molecule is CCOc1ccc(S(=O)(=O)N(CC(=O)N(Cc2ccccc2Cl)[C@@H](Cc2ccccc2)C(=O)N[C@@H](C)CC)c2ccc(C)cc2)cc1. The molecule has 0 saturated carbocycles. The summed E-state index contributed by atoms with van der Waals surface area (Å²) in [6, 6.07) is 28.5. The van der Waals surface area contributed by atoms with Crippen molar-refractivity contribution >= 4 is 39.1 Å². The Balaban J connectivity index is 1.80. The molecule has 0 aliphatic carbocycles. The van der Waals surface area contributed by atoms with Crippen molar-refractivity contribution in [3.8, 4) is 5.75 Å². The Labute approximate surface area is 283 Å². The molecule has 4 aromatic rings. The molecule has 8 nitrogen and oxygen atoms in total. The van der Waals surface area contributed by atoms with Crippen molar-refractivity contribution in [1.29, 1.82) is 0 Å². The number of nitrogens with one attached hydrogen (secondary N) is 1. The molecule has 0 aliphatic heterocycles. The van der Waals surface area contributed by atoms with Gasteiger partial charge in [-0.25, -0.2) is 8.42 Å². The first-order valence-corrected chi connectivity index (χ1v) is 17.5. The lowest BCUT2D eigenvalue weighted by molar-refractivity contribution is -0.140. The Morgan fingerprint density at radius 3 is 2.13 bits per heavy atom. The molecule has 0 radical (unpaired) electrons. The topological polar surface area (TPSA) is 96.0 Å². The van der Waals surface area contributed by atoms with E-state index in [1.165, 1.54) is 17.0 Å². The average molecular weight is 676 g/mol. The smallest absolute Gasteiger partial charge is 0.264 e. The van der Waals surface area contributed by atoms with Crippen LogP contribution in [-0.4, -0.2) is 50.4 Å². The fourth-order valence-corrected chi connectivity index (χ4v) is 6.66. The fourth-order valence-electron chi connectivity index (χ4n) is 5.05. The molecule has 2 amide bonds. The number of rotatable bonds is 15. The Morgan fingerprint density at radius 1 is 0.872 bits per heavy atom. The van der Waals surface area contributed by atoms with Gasteiger partial charge in [-0.3, -0.25) is 13.9 Å². The summed E-state index contributed by atoms with van der Waals surface area (Å²) in [6.07, 6.45) is 0.916. The number of amides is 2. The van der Waals surface area contributed by atoms with Crippen LogP contribution in [0.15, 0.2) is 108 Å². The lowest BCUT2D eigenvalue weighted by atomic mass is 10.0. The monoisotopic (exact) mass is 675 g/mol. The van der Waals surface area contributed by atoms with Gasteiger partial charge in [0, 0.05) is 24.0 Å². The van der Waals surface area contributed by atoms with E-state index in [-0.39, 0.29) is 29.8 Å². The van der Waals surface area contributed by atoms with Crippen LogP contribution in [0.5, 0.6) is 5.75 Å². The van der Waals surface area contributed by atoms with E-state index in [0.717, 1.165) is 15.4 Å². The zero-order valence-electron chi connectivity index (χ0n) is 27.2. The molecule has 0 fully saturated rings. The Bertz CT molecular complexity index is 1730. The van der Waals surface area contributed by atoms with Gasteiger partial charge in [0.25, 0.3) is 10.0 Å². The van der Waals surface area contributed by atoms with Crippen LogP contribution >= 0.6 is 11.6 Å². The van der Waals surface area contributed by atoms with E-state index in [1.54, 1.807) is 54.6 Å². The van der Waals surface area contributed by atoms with E-state index in [0.29, 0.717) is 35.1 Å². The maximum absolute atomic E-state index is 14.6. The second kappa shape index (κ2) is 16.5. The van der Waals surface area contributed by atoms with Gasteiger partial charge < -0.3 is 15.0 Å². The molecular weight excluding hydrogens is 634 g/mol. The number of sulfonamides is 1. The number of hydrogen-bond donors (Lipinski definition) is 1. The number of aryl methyl sites for hydroxylation is 1. The molecule has 4 aromatic carbocycles. The van der Waals surface area contributed by atoms with Gasteiger partial charge in [-0.05, 0) is 80.8 Å². The van der Waals surface area contributed by atoms with Crippen molar-refractivity contribution in [2.45, 2.75) is 64.1 Å². The second-order valence-corrected chi connectivity index (χ2v) is 13.7. The molecule has 0 bridgehead atoms. The number of ether oxygens (including phenoxy) is 1. The molecule has 0 heterocycles. The first-order chi connectivity index (χ1) is 22.5. The number of halogens is 1. The molecule has 0 spiro atoms. The van der Waals surface area contributed by atoms with E-state index < -0.39 is 28.5 Å². The lowest BCUT2D eigenvalue weighted by Crippen LogP contribution is -2.54. The van der Waals surface area contributed by atoms with Gasteiger partial charge in [-0.15, -0.1) is 0 Å². The van der Waals surface area contributed by atoms with E-state index in [4.69, 9.17) is 16.3 Å². The molecule has 0 unspecified atom stereocenters. The summed E-state index contributed by atoms with van der Waals surface area (Å²) in [7, 11) is -4.23. The number of carbonyl (C=O) groups is 2. The minimum absolute atomic E-state index is 0.00216. The average Bonchev–Trinajstić information content (AvgIpc) is 3.07. The van der Waals surface area contributed by atoms with Crippen LogP contribution in [-0.2, 0) is 32.6 Å². The van der Waals surface area contributed by atoms with Gasteiger partial charge in [0.05, 0.1) is 17.2 Å². The van der Waals surface area contributed by atoms with E-state index in [9.17, 15) is 18.0 Å². The number of carbonyl (C=O) groups excluding carboxylic acids is 2. The largest absolute Gasteiger partial charge is 0.494 e. The lowest BCUT2D eigenvalue weighted by Gasteiger charge is -2.34. The van der Waals surface area contributed by atoms with E-state index >= 15 is 0 Å². The van der Waals surface area contributed by atoms with Crippen molar-refractivity contribution in [3.05, 3.63) is 125 Å². The molecule has 0 aliphatic rings. The Morgan fingerprint density at radius 2 is 1.51 bits per heavy atom. The maximum atomic E-state index is 14.6. The molecule has 2 atom stereocenters. The van der Waals surface area contributed by atoms with Crippen LogP contribution in [0.25, 0.3) is 0 Å². The summed E-state index contributed by atoms with van der Waals surface area (Å²) in [4.78, 5) is 30.0. The van der Waals surface area contributed by atoms with E-state index in [1.807, 2.05) is 64.1 Å². The molecule has 47 heavy (non-hydrogen) atoms. The summed E-state index contributed by atoms with van der Waals surface area (Å²) in [5.74, 6) is -0.355. The number of anilines is 1. The van der Waals surface area contributed by atoms with Crippen LogP contribution < -0.4 is 14.4 Å². The molecule has 1 N–H and O–H groups in total. The summed E-state index contributed by atoms with van der Waals surface area (Å²) in [6.45, 7) is 7.49. The third-order valence-electron chi connectivity index (χ3n) is 7.89. The van der Waals surface area contributed by atoms with Gasteiger partial charge >= 0.3 is 0 Å². The summed E-state index contributed by atoms with van der Waals surface area (Å²) in [5.41, 5.74) is 2.74. The van der Waals surface area contributed by atoms with Crippen LogP contribution in [0, 0.1) is 6.92 Å². The second-order valence-electron chi connectivity index (χ2n) is 11.4. The van der Waals surface area contributed by atoms with Gasteiger partial charge in [0.15, 0.2) is 0 Å². The van der Waals surface area contributed by atoms with Gasteiger partial charge in [-0.1, -0.05) is 84.8 Å². The standard InChI is InChI=1S/C37H42ClN3O5S/c1-5-28(4)39-37(43)35(24-29-12-8-7-9-13-29)40(25-30-14-10-11-15-34(30)38)36(42)26-41(31-18-16-27(3)17-19-31)47(44,45)33-22-20-32(21-23-33)46-6-2/h7-23,28,35H,5-6,24-26H2,1-4H3,(H,39,43)/t28-,35-/m0/s1. The minimum Gasteiger partial charge on any atom is -0.494 e. The number of benzene rings is 4. The maximum Gasteiger partial charge on any atom is 0.264 e. The third-order valence-corrected chi connectivity index (χ3v) is 10.1. The number of nitrogens with zero attached hydrogens (tertiary/aromatic N) is 2. The predicted molar refractivity (Wildman–Crippen MR) is 187 cm³/mol. The fraction of sp³-hybridized carbons (Fsp3) is 0.297. The van der Waals surface area contributed by atoms with Gasteiger partial charge in [-0.2, -0.15) is 0 Å². The highest BCUT2D eigenvalue weighted by Crippen LogP contribution is 2.27. The van der Waals surface area contributed by atoms with Crippen molar-refractivity contribution in [3.63, 3.8) is 0 Å². The van der Waals surface area contributed by atoms with Crippen molar-refractivity contribution in [2.24, 2.45) is 0 Å². The first-order valence-electron chi connectivity index (χ1n) is 15.7. The molecular formula is C37H42ClN3O5S. The van der Waals surface area contributed by atoms with E-state index in [2.05, 4.69) is 5.32 Å². The highest BCUT2D eigenvalue weighted by Gasteiger charge is 2.35. The zero-order valence-corrected chi connectivity index (χ0v) is 28.8. The molecule has 10 heteroatoms. The van der Waals surface area contributed by atoms with Gasteiger partial charge in [0.2, 0.25) is 11.8 Å². The normalized spacial score (nSPS) is 12.5. The summed E-state index contributed by atoms with van der Waals surface area (Å²) >= 11 is 6.57. The zero-order chi connectivity index (χ0) is 34.0. The summed E-state index contributed by atoms with van der Waals surface area (Å²) in [5, 5.41) is 3.47. The van der Waals surface area contributed by atoms with Gasteiger partial charge in [0.1, 0.15) is 18.3 Å². The van der Waals surface area contributed by atoms with Crippen molar-refractivity contribution in [1.82, 2.24) is 10.2 Å². The van der Waals surface area contributed by atoms with Crippen LogP contribution in [0.1, 0.15) is 43.9 Å². The molecule has 0 saturated heterocycles. The first kappa shape index (κ1) is 35.5. The highest BCUT2D eigenvalue weighted by atomic mass is 35.5. The molecule has 248 valence electrons. The summed E-state index contributed by atoms with van der Waals surface area (Å²) < 4.78 is 35.1. The quantitative estimate of drug-likeness (QED) is 0.150. The highest BCUT2D eigenvalue weighted by molar-refractivity contribution is 7.92. The van der Waals surface area contributed by atoms with Crippen LogP contribution in [0.2, 0.25) is 5.02 Å². The Kier molecular flexibility index (Phi) is 12.4. The molecule has 0 aromatic heterocycles. The molecule has 4 rings (SSSR count). The van der Waals surface area contributed by atoms with Crippen LogP contribution in [0.4, 0.5) is 5.69 Å². The van der Waals surface area contributed by atoms with Crippen LogP contribution in [0.3, 0.4) is 0 Å². The van der Waals surface area contributed by atoms with Crippen molar-refractivity contribution < 1.29 is 22.7 Å².